The van der Waals surface area contributed by atoms with Gasteiger partial charge in [-0.15, -0.1) is 0 Å². The van der Waals surface area contributed by atoms with Crippen LogP contribution in [0.15, 0.2) is 0 Å². The van der Waals surface area contributed by atoms with Crippen LogP contribution < -0.4 is 11.1 Å². The van der Waals surface area contributed by atoms with E-state index in [2.05, 4.69) is 12.2 Å². The second-order valence-electron chi connectivity index (χ2n) is 2.38. The fourth-order valence-corrected chi connectivity index (χ4v) is 0.646. The Balaban J connectivity index is 3.22. The molecule has 4 heteroatoms. The van der Waals surface area contributed by atoms with Crippen LogP contribution in [-0.2, 0) is 4.74 Å². The zero-order valence-electron chi connectivity index (χ0n) is 7.09. The van der Waals surface area contributed by atoms with E-state index in [1.165, 1.54) is 0 Å². The standard InChI is InChI=1S/C7H16N2O2/c1-3-4-5-11-6(2)9-7(8)10/h6H,3-5H2,1-2H3,(H3,8,9,10). The van der Waals surface area contributed by atoms with Crippen molar-refractivity contribution < 1.29 is 9.53 Å². The van der Waals surface area contributed by atoms with Crippen LogP contribution >= 0.6 is 0 Å². The van der Waals surface area contributed by atoms with Gasteiger partial charge in [-0.3, -0.25) is 0 Å². The molecule has 11 heavy (non-hydrogen) atoms. The smallest absolute Gasteiger partial charge is 0.314 e. The van der Waals surface area contributed by atoms with E-state index in [9.17, 15) is 4.79 Å². The molecule has 0 aromatic heterocycles. The number of hydrogen-bond acceptors (Lipinski definition) is 2. The summed E-state index contributed by atoms with van der Waals surface area (Å²) in [4.78, 5) is 10.3. The lowest BCUT2D eigenvalue weighted by Gasteiger charge is -2.12. The summed E-state index contributed by atoms with van der Waals surface area (Å²) >= 11 is 0. The molecular weight excluding hydrogens is 144 g/mol. The molecule has 0 rings (SSSR count). The van der Waals surface area contributed by atoms with E-state index in [4.69, 9.17) is 10.5 Å². The highest BCUT2D eigenvalue weighted by Crippen LogP contribution is 1.91. The Labute approximate surface area is 67.1 Å². The molecule has 4 nitrogen and oxygen atoms in total. The first-order valence-electron chi connectivity index (χ1n) is 3.84. The first-order valence-corrected chi connectivity index (χ1v) is 3.84. The normalized spacial score (nSPS) is 12.5. The Kier molecular flexibility index (Phi) is 5.56. The number of nitrogens with two attached hydrogens (primary N) is 1. The average molecular weight is 160 g/mol. The van der Waals surface area contributed by atoms with Gasteiger partial charge in [0.15, 0.2) is 0 Å². The highest BCUT2D eigenvalue weighted by atomic mass is 16.5. The third-order valence-electron chi connectivity index (χ3n) is 1.21. The van der Waals surface area contributed by atoms with Crippen molar-refractivity contribution in [2.24, 2.45) is 5.73 Å². The number of unbranched alkanes of at least 4 members (excludes halogenated alkanes) is 1. The molecule has 1 atom stereocenters. The zero-order chi connectivity index (χ0) is 8.69. The van der Waals surface area contributed by atoms with Crippen molar-refractivity contribution in [3.05, 3.63) is 0 Å². The molecular formula is C7H16N2O2. The van der Waals surface area contributed by atoms with Crippen molar-refractivity contribution >= 4 is 6.03 Å². The number of ether oxygens (including phenoxy) is 1. The van der Waals surface area contributed by atoms with E-state index in [1.54, 1.807) is 6.92 Å². The SMILES string of the molecule is CCCCOC(C)NC(N)=O. The summed E-state index contributed by atoms with van der Waals surface area (Å²) in [6, 6.07) is -0.547. The van der Waals surface area contributed by atoms with E-state index in [0.717, 1.165) is 12.8 Å². The Morgan fingerprint density at radius 1 is 1.73 bits per heavy atom. The molecule has 0 heterocycles. The second-order valence-corrected chi connectivity index (χ2v) is 2.38. The molecule has 0 aliphatic carbocycles. The van der Waals surface area contributed by atoms with E-state index < -0.39 is 6.03 Å². The van der Waals surface area contributed by atoms with Gasteiger partial charge in [0.25, 0.3) is 0 Å². The summed E-state index contributed by atoms with van der Waals surface area (Å²) in [5.41, 5.74) is 4.87. The van der Waals surface area contributed by atoms with Crippen LogP contribution in [0, 0.1) is 0 Å². The van der Waals surface area contributed by atoms with Crippen molar-refractivity contribution in [2.45, 2.75) is 32.9 Å². The van der Waals surface area contributed by atoms with Gasteiger partial charge in [-0.25, -0.2) is 4.79 Å². The maximum atomic E-state index is 10.3. The molecule has 1 unspecified atom stereocenters. The van der Waals surface area contributed by atoms with Gasteiger partial charge in [-0.1, -0.05) is 13.3 Å². The van der Waals surface area contributed by atoms with Crippen LogP contribution in [0.2, 0.25) is 0 Å². The number of primary amides is 1. The van der Waals surface area contributed by atoms with E-state index in [-0.39, 0.29) is 6.23 Å². The monoisotopic (exact) mass is 160 g/mol. The highest BCUT2D eigenvalue weighted by molar-refractivity contribution is 5.71. The fraction of sp³-hybridized carbons (Fsp3) is 0.857. The number of nitrogens with one attached hydrogen (secondary N) is 1. The Morgan fingerprint density at radius 2 is 2.36 bits per heavy atom. The van der Waals surface area contributed by atoms with E-state index in [1.807, 2.05) is 0 Å². The lowest BCUT2D eigenvalue weighted by molar-refractivity contribution is 0.0491. The molecule has 66 valence electrons. The third-order valence-corrected chi connectivity index (χ3v) is 1.21. The molecule has 0 aliphatic heterocycles. The number of carbonyl (C=O) groups excluding carboxylic acids is 1. The summed E-state index contributed by atoms with van der Waals surface area (Å²) in [6.45, 7) is 4.49. The molecule has 2 amide bonds. The van der Waals surface area contributed by atoms with Crippen LogP contribution in [0.5, 0.6) is 0 Å². The van der Waals surface area contributed by atoms with Gasteiger partial charge < -0.3 is 15.8 Å². The average Bonchev–Trinajstić information content (AvgIpc) is 1.86. The minimum Gasteiger partial charge on any atom is -0.359 e. The van der Waals surface area contributed by atoms with Gasteiger partial charge in [0.2, 0.25) is 0 Å². The minimum absolute atomic E-state index is 0.279. The predicted octanol–water partition coefficient (Wildman–Crippen LogP) is 0.817. The van der Waals surface area contributed by atoms with Gasteiger partial charge in [-0.2, -0.15) is 0 Å². The summed E-state index contributed by atoms with van der Waals surface area (Å²) in [6.07, 6.45) is 1.81. The summed E-state index contributed by atoms with van der Waals surface area (Å²) < 4.78 is 5.18. The summed E-state index contributed by atoms with van der Waals surface area (Å²) in [7, 11) is 0. The molecule has 3 N–H and O–H groups in total. The van der Waals surface area contributed by atoms with Crippen molar-refractivity contribution in [3.63, 3.8) is 0 Å². The van der Waals surface area contributed by atoms with Crippen LogP contribution in [-0.4, -0.2) is 18.9 Å². The summed E-state index contributed by atoms with van der Waals surface area (Å²) in [5.74, 6) is 0. The van der Waals surface area contributed by atoms with Crippen LogP contribution in [0.25, 0.3) is 0 Å². The van der Waals surface area contributed by atoms with Gasteiger partial charge >= 0.3 is 6.03 Å². The quantitative estimate of drug-likeness (QED) is 0.462. The van der Waals surface area contributed by atoms with Crippen LogP contribution in [0.1, 0.15) is 26.7 Å². The van der Waals surface area contributed by atoms with Crippen molar-refractivity contribution in [1.29, 1.82) is 0 Å². The van der Waals surface area contributed by atoms with Gasteiger partial charge in [0, 0.05) is 6.61 Å². The van der Waals surface area contributed by atoms with E-state index >= 15 is 0 Å². The molecule has 0 fully saturated rings. The molecule has 0 saturated carbocycles. The lowest BCUT2D eigenvalue weighted by Crippen LogP contribution is -2.38. The Morgan fingerprint density at radius 3 is 2.82 bits per heavy atom. The number of urea groups is 1. The molecule has 0 saturated heterocycles. The fourth-order valence-electron chi connectivity index (χ4n) is 0.646. The minimum atomic E-state index is -0.547. The molecule has 0 aromatic rings. The maximum absolute atomic E-state index is 10.3. The molecule has 0 aliphatic rings. The second kappa shape index (κ2) is 5.97. The van der Waals surface area contributed by atoms with Crippen molar-refractivity contribution in [2.75, 3.05) is 6.61 Å². The first kappa shape index (κ1) is 10.2. The molecule has 0 spiro atoms. The third kappa shape index (κ3) is 7.12. The molecule has 0 bridgehead atoms. The Hall–Kier alpha value is -0.770. The zero-order valence-corrected chi connectivity index (χ0v) is 7.09. The van der Waals surface area contributed by atoms with Gasteiger partial charge in [0.1, 0.15) is 6.23 Å². The van der Waals surface area contributed by atoms with Crippen LogP contribution in [0.4, 0.5) is 4.79 Å². The number of carbonyl (C=O) groups is 1. The van der Waals surface area contributed by atoms with Crippen molar-refractivity contribution in [3.8, 4) is 0 Å². The Bertz CT molecular complexity index is 117. The first-order chi connectivity index (χ1) is 5.16. The van der Waals surface area contributed by atoms with Gasteiger partial charge in [-0.05, 0) is 13.3 Å². The maximum Gasteiger partial charge on any atom is 0.314 e. The van der Waals surface area contributed by atoms with Crippen LogP contribution in [0.3, 0.4) is 0 Å². The number of amides is 2. The molecule has 0 aromatic carbocycles. The molecule has 0 radical (unpaired) electrons. The summed E-state index contributed by atoms with van der Waals surface area (Å²) in [5, 5.41) is 2.42. The predicted molar refractivity (Wildman–Crippen MR) is 43.0 cm³/mol. The highest BCUT2D eigenvalue weighted by Gasteiger charge is 2.01. The van der Waals surface area contributed by atoms with E-state index in [0.29, 0.717) is 6.61 Å². The number of hydrogen-bond donors (Lipinski definition) is 2. The topological polar surface area (TPSA) is 64.3 Å². The van der Waals surface area contributed by atoms with Crippen molar-refractivity contribution in [1.82, 2.24) is 5.32 Å². The largest absolute Gasteiger partial charge is 0.359 e. The number of rotatable bonds is 5. The van der Waals surface area contributed by atoms with Gasteiger partial charge in [0.05, 0.1) is 0 Å². The lowest BCUT2D eigenvalue weighted by atomic mass is 10.4.